The van der Waals surface area contributed by atoms with Gasteiger partial charge in [0.05, 0.1) is 27.9 Å². The van der Waals surface area contributed by atoms with E-state index in [0.717, 1.165) is 18.0 Å². The van der Waals surface area contributed by atoms with Crippen molar-refractivity contribution in [3.05, 3.63) is 16.7 Å². The number of hydrogen-bond donors (Lipinski definition) is 1. The average Bonchev–Trinajstić information content (AvgIpc) is 3.01. The Bertz CT molecular complexity index is 1320. The summed E-state index contributed by atoms with van der Waals surface area (Å²) in [5.41, 5.74) is -6.10. The van der Waals surface area contributed by atoms with E-state index in [-0.39, 0.29) is 53.7 Å². The summed E-state index contributed by atoms with van der Waals surface area (Å²) >= 11 is 1.03. The van der Waals surface area contributed by atoms with Gasteiger partial charge in [-0.25, -0.2) is 14.6 Å². The lowest BCUT2D eigenvalue weighted by atomic mass is 10.1. The molecule has 1 N–H and O–H groups in total. The molecule has 5 heterocycles. The van der Waals surface area contributed by atoms with E-state index in [9.17, 15) is 36.3 Å². The number of halogens is 3. The molecule has 3 aliphatic heterocycles. The van der Waals surface area contributed by atoms with E-state index in [4.69, 9.17) is 0 Å². The predicted molar refractivity (Wildman–Crippen MR) is 109 cm³/mol. The lowest BCUT2D eigenvalue weighted by molar-refractivity contribution is -0.0502. The maximum Gasteiger partial charge on any atom is 0.534 e. The lowest BCUT2D eigenvalue weighted by Gasteiger charge is -2.40. The highest BCUT2D eigenvalue weighted by Crippen LogP contribution is 2.42. The molecule has 2 bridgehead atoms. The quantitative estimate of drug-likeness (QED) is 0.480. The van der Waals surface area contributed by atoms with Crippen LogP contribution in [0.2, 0.25) is 0 Å². The minimum absolute atomic E-state index is 0.000492. The van der Waals surface area contributed by atoms with Crippen molar-refractivity contribution >= 4 is 44.7 Å². The van der Waals surface area contributed by atoms with Gasteiger partial charge in [-0.1, -0.05) is 0 Å². The number of carbonyl (C=O) groups is 1. The van der Waals surface area contributed by atoms with Crippen molar-refractivity contribution in [1.29, 1.82) is 0 Å². The molecular formula is C17H16F3N5O6S2. The Labute approximate surface area is 188 Å². The number of piperazine rings is 1. The van der Waals surface area contributed by atoms with E-state index in [1.54, 1.807) is 4.90 Å². The molecule has 0 aromatic carbocycles. The van der Waals surface area contributed by atoms with E-state index in [0.29, 0.717) is 18.2 Å². The lowest BCUT2D eigenvalue weighted by Crippen LogP contribution is -2.56. The van der Waals surface area contributed by atoms with Crippen LogP contribution in [0.25, 0.3) is 10.9 Å². The Hall–Kier alpha value is -2.75. The van der Waals surface area contributed by atoms with Crippen molar-refractivity contribution < 1.29 is 35.7 Å². The van der Waals surface area contributed by atoms with Gasteiger partial charge in [0.15, 0.2) is 0 Å². The summed E-state index contributed by atoms with van der Waals surface area (Å²) in [6, 6.07) is -0.565. The summed E-state index contributed by atoms with van der Waals surface area (Å²) < 4.78 is 67.1. The molecule has 2 saturated heterocycles. The molecule has 2 unspecified atom stereocenters. The first-order valence-electron chi connectivity index (χ1n) is 9.81. The summed E-state index contributed by atoms with van der Waals surface area (Å²) in [4.78, 5) is 35.5. The zero-order chi connectivity index (χ0) is 23.7. The number of amides is 1. The third-order valence-corrected chi connectivity index (χ3v) is 7.94. The van der Waals surface area contributed by atoms with Crippen LogP contribution in [0.4, 0.5) is 23.8 Å². The SMILES string of the molecule is O=C(O)N1C2CCC1CN(c1nc(=O)n3c4c(c(OS(=O)(=O)C(F)(F)F)ncc14)SCC3)C2. The first-order chi connectivity index (χ1) is 15.5. The highest BCUT2D eigenvalue weighted by Gasteiger charge is 2.49. The Morgan fingerprint density at radius 1 is 1.24 bits per heavy atom. The number of carboxylic acid groups (broad SMARTS) is 1. The molecule has 5 rings (SSSR count). The molecule has 3 aliphatic rings. The third kappa shape index (κ3) is 3.46. The average molecular weight is 507 g/mol. The molecule has 11 nitrogen and oxygen atoms in total. The summed E-state index contributed by atoms with van der Waals surface area (Å²) in [5.74, 6) is -0.251. The van der Waals surface area contributed by atoms with Crippen LogP contribution in [-0.2, 0) is 16.7 Å². The van der Waals surface area contributed by atoms with Crippen LogP contribution in [0.15, 0.2) is 15.9 Å². The fourth-order valence-electron chi connectivity index (χ4n) is 4.62. The molecule has 0 radical (unpaired) electrons. The van der Waals surface area contributed by atoms with Gasteiger partial charge in [0.2, 0.25) is 5.88 Å². The minimum Gasteiger partial charge on any atom is -0.465 e. The molecule has 0 saturated carbocycles. The molecule has 33 heavy (non-hydrogen) atoms. The molecule has 2 aromatic rings. The number of hydrogen-bond acceptors (Lipinski definition) is 9. The van der Waals surface area contributed by atoms with E-state index >= 15 is 0 Å². The first-order valence-corrected chi connectivity index (χ1v) is 12.2. The van der Waals surface area contributed by atoms with E-state index in [1.165, 1.54) is 9.47 Å². The van der Waals surface area contributed by atoms with Gasteiger partial charge in [0.1, 0.15) is 5.82 Å². The van der Waals surface area contributed by atoms with Gasteiger partial charge in [0, 0.05) is 31.6 Å². The van der Waals surface area contributed by atoms with Crippen molar-refractivity contribution in [2.24, 2.45) is 0 Å². The molecule has 1 amide bonds. The highest BCUT2D eigenvalue weighted by atomic mass is 32.2. The molecule has 2 atom stereocenters. The molecule has 178 valence electrons. The van der Waals surface area contributed by atoms with Gasteiger partial charge in [-0.15, -0.1) is 11.8 Å². The number of thioether (sulfide) groups is 1. The van der Waals surface area contributed by atoms with Crippen molar-refractivity contribution in [2.45, 2.75) is 41.9 Å². The van der Waals surface area contributed by atoms with Crippen LogP contribution in [0.3, 0.4) is 0 Å². The zero-order valence-corrected chi connectivity index (χ0v) is 18.3. The predicted octanol–water partition coefficient (Wildman–Crippen LogP) is 1.46. The minimum atomic E-state index is -5.95. The standard InChI is InChI=1S/C17H16F3N5O6S2/c18-17(19,20)33(29,30)31-14-12-11-10(5-21-14)13(22-15(26)24(11)3-4-32-12)23-6-8-1-2-9(7-23)25(8)16(27)28/h5,8-9H,1-4,6-7H2,(H,27,28). The van der Waals surface area contributed by atoms with Gasteiger partial charge in [0.25, 0.3) is 0 Å². The van der Waals surface area contributed by atoms with Gasteiger partial charge in [-0.05, 0) is 12.8 Å². The summed E-state index contributed by atoms with van der Waals surface area (Å²) in [5, 5.41) is 9.81. The second kappa shape index (κ2) is 7.38. The number of alkyl halides is 3. The Morgan fingerprint density at radius 2 is 1.91 bits per heavy atom. The van der Waals surface area contributed by atoms with Crippen LogP contribution < -0.4 is 14.8 Å². The molecular weight excluding hydrogens is 491 g/mol. The fraction of sp³-hybridized carbons (Fsp3) is 0.529. The first kappa shape index (κ1) is 22.1. The smallest absolute Gasteiger partial charge is 0.465 e. The van der Waals surface area contributed by atoms with Crippen LogP contribution in [0, 0.1) is 0 Å². The van der Waals surface area contributed by atoms with Crippen molar-refractivity contribution in [3.63, 3.8) is 0 Å². The maximum absolute atomic E-state index is 12.8. The van der Waals surface area contributed by atoms with Crippen LogP contribution in [0.5, 0.6) is 5.88 Å². The topological polar surface area (TPSA) is 135 Å². The molecule has 0 spiro atoms. The van der Waals surface area contributed by atoms with E-state index < -0.39 is 33.3 Å². The number of fused-ring (bicyclic) bond motifs is 2. The van der Waals surface area contributed by atoms with Crippen molar-refractivity contribution in [1.82, 2.24) is 19.4 Å². The van der Waals surface area contributed by atoms with Gasteiger partial charge in [-0.3, -0.25) is 9.47 Å². The van der Waals surface area contributed by atoms with E-state index in [2.05, 4.69) is 14.2 Å². The fourth-order valence-corrected chi connectivity index (χ4v) is 6.16. The number of aryl methyl sites for hydroxylation is 1. The van der Waals surface area contributed by atoms with Gasteiger partial charge < -0.3 is 14.2 Å². The van der Waals surface area contributed by atoms with Crippen molar-refractivity contribution in [2.75, 3.05) is 23.7 Å². The maximum atomic E-state index is 12.8. The number of nitrogens with zero attached hydrogens (tertiary/aromatic N) is 5. The summed E-state index contributed by atoms with van der Waals surface area (Å²) in [7, 11) is -5.95. The number of rotatable bonds is 3. The number of anilines is 1. The second-order valence-corrected chi connectivity index (χ2v) is 10.5. The Kier molecular flexibility index (Phi) is 4.93. The Balaban J connectivity index is 1.62. The number of aromatic nitrogens is 3. The summed E-state index contributed by atoms with van der Waals surface area (Å²) in [6.45, 7) is 0.795. The van der Waals surface area contributed by atoms with Crippen LogP contribution in [-0.4, -0.2) is 75.5 Å². The van der Waals surface area contributed by atoms with E-state index in [1.807, 2.05) is 0 Å². The molecule has 2 aromatic heterocycles. The van der Waals surface area contributed by atoms with Crippen LogP contribution in [0.1, 0.15) is 12.8 Å². The zero-order valence-electron chi connectivity index (χ0n) is 16.6. The largest absolute Gasteiger partial charge is 0.534 e. The monoisotopic (exact) mass is 507 g/mol. The molecule has 16 heteroatoms. The molecule has 2 fully saturated rings. The molecule has 0 aliphatic carbocycles. The Morgan fingerprint density at radius 3 is 2.52 bits per heavy atom. The highest BCUT2D eigenvalue weighted by molar-refractivity contribution is 7.99. The second-order valence-electron chi connectivity index (χ2n) is 7.84. The van der Waals surface area contributed by atoms with Crippen molar-refractivity contribution in [3.8, 4) is 5.88 Å². The third-order valence-electron chi connectivity index (χ3n) is 5.95. The van der Waals surface area contributed by atoms with Crippen LogP contribution >= 0.6 is 11.8 Å². The number of pyridine rings is 1. The van der Waals surface area contributed by atoms with Gasteiger partial charge in [-0.2, -0.15) is 26.6 Å². The van der Waals surface area contributed by atoms with Gasteiger partial charge >= 0.3 is 27.4 Å². The normalized spacial score (nSPS) is 22.6. The summed E-state index contributed by atoms with van der Waals surface area (Å²) in [6.07, 6.45) is 1.44.